The second-order valence-corrected chi connectivity index (χ2v) is 8.34. The normalized spacial score (nSPS) is 16.4. The lowest BCUT2D eigenvalue weighted by Gasteiger charge is -2.32. The molecule has 0 radical (unpaired) electrons. The van der Waals surface area contributed by atoms with Crippen molar-refractivity contribution in [1.82, 2.24) is 20.1 Å². The van der Waals surface area contributed by atoms with Crippen LogP contribution in [0.5, 0.6) is 0 Å². The monoisotopic (exact) mass is 413 g/mol. The predicted molar refractivity (Wildman–Crippen MR) is 112 cm³/mol. The quantitative estimate of drug-likeness (QED) is 0.582. The zero-order valence-corrected chi connectivity index (χ0v) is 17.7. The molecule has 0 aliphatic carbocycles. The molecule has 1 aliphatic rings. The summed E-state index contributed by atoms with van der Waals surface area (Å²) in [5.41, 5.74) is 2.49. The fourth-order valence-electron chi connectivity index (χ4n) is 3.17. The largest absolute Gasteiger partial charge is 0.355 e. The van der Waals surface area contributed by atoms with Crippen LogP contribution in [-0.2, 0) is 26.6 Å². The molecule has 5 nitrogen and oxygen atoms in total. The third-order valence-electron chi connectivity index (χ3n) is 4.90. The van der Waals surface area contributed by atoms with Crippen LogP contribution in [0.2, 0.25) is 10.2 Å². The number of thiophene rings is 1. The predicted octanol–water partition coefficient (Wildman–Crippen LogP) is 3.51. The van der Waals surface area contributed by atoms with E-state index in [2.05, 4.69) is 38.9 Å². The maximum Gasteiger partial charge on any atom is 0.191 e. The van der Waals surface area contributed by atoms with E-state index in [1.165, 1.54) is 5.56 Å². The number of fused-ring (bicyclic) bond motifs is 1. The van der Waals surface area contributed by atoms with Crippen molar-refractivity contribution in [3.63, 3.8) is 0 Å². The number of halogens is 2. The molecule has 0 spiro atoms. The van der Waals surface area contributed by atoms with Crippen LogP contribution in [0.1, 0.15) is 23.1 Å². The zero-order valence-electron chi connectivity index (χ0n) is 15.4. The Morgan fingerprint density at radius 1 is 1.38 bits per heavy atom. The highest BCUT2D eigenvalue weighted by Gasteiger charge is 2.21. The van der Waals surface area contributed by atoms with E-state index in [0.717, 1.165) is 37.7 Å². The lowest BCUT2D eigenvalue weighted by Crippen LogP contribution is -2.47. The van der Waals surface area contributed by atoms with Crippen molar-refractivity contribution < 1.29 is 0 Å². The summed E-state index contributed by atoms with van der Waals surface area (Å²) in [6, 6.07) is 4.56. The van der Waals surface area contributed by atoms with Crippen LogP contribution in [0.15, 0.2) is 22.5 Å². The second-order valence-electron chi connectivity index (χ2n) is 6.58. The third-order valence-corrected chi connectivity index (χ3v) is 6.77. The molecule has 142 valence electrons. The molecule has 2 aromatic rings. The maximum absolute atomic E-state index is 6.12. The first-order valence-corrected chi connectivity index (χ1v) is 10.4. The first-order valence-electron chi connectivity index (χ1n) is 8.73. The van der Waals surface area contributed by atoms with Crippen LogP contribution < -0.4 is 10.6 Å². The van der Waals surface area contributed by atoms with E-state index in [-0.39, 0.29) is 0 Å². The number of nitrogens with zero attached hydrogens (tertiary/aromatic N) is 3. The van der Waals surface area contributed by atoms with Crippen molar-refractivity contribution in [3.05, 3.63) is 43.8 Å². The number of hydrogen-bond donors (Lipinski definition) is 2. The highest BCUT2D eigenvalue weighted by molar-refractivity contribution is 7.10. The van der Waals surface area contributed by atoms with Crippen LogP contribution in [0.3, 0.4) is 0 Å². The summed E-state index contributed by atoms with van der Waals surface area (Å²) in [4.78, 5) is 8.37. The Hall–Kier alpha value is -1.21. The van der Waals surface area contributed by atoms with E-state index in [4.69, 9.17) is 23.2 Å². The van der Waals surface area contributed by atoms with Gasteiger partial charge in [0.1, 0.15) is 5.15 Å². The third kappa shape index (κ3) is 4.36. The Morgan fingerprint density at radius 3 is 2.88 bits per heavy atom. The lowest BCUT2D eigenvalue weighted by molar-refractivity contribution is 0.192. The number of aliphatic imine (C=N–C) groups is 1. The summed E-state index contributed by atoms with van der Waals surface area (Å²) in [7, 11) is 3.68. The molecule has 1 aliphatic heterocycles. The van der Waals surface area contributed by atoms with E-state index < -0.39 is 0 Å². The van der Waals surface area contributed by atoms with Crippen molar-refractivity contribution in [2.45, 2.75) is 32.5 Å². The van der Waals surface area contributed by atoms with Crippen LogP contribution >= 0.6 is 34.5 Å². The molecular formula is C18H25Cl2N5S. The summed E-state index contributed by atoms with van der Waals surface area (Å²) in [5.74, 6) is 0.776. The number of hydrogen-bond acceptors (Lipinski definition) is 3. The molecule has 1 unspecified atom stereocenters. The topological polar surface area (TPSA) is 44.6 Å². The first-order chi connectivity index (χ1) is 12.5. The summed E-state index contributed by atoms with van der Waals surface area (Å²) in [5, 5.41) is 10.1. The minimum absolute atomic E-state index is 0.431. The van der Waals surface area contributed by atoms with Crippen LogP contribution in [0, 0.1) is 0 Å². The van der Waals surface area contributed by atoms with E-state index in [9.17, 15) is 0 Å². The summed E-state index contributed by atoms with van der Waals surface area (Å²) in [6.45, 7) is 5.86. The minimum atomic E-state index is 0.431. The van der Waals surface area contributed by atoms with Gasteiger partial charge in [0.25, 0.3) is 0 Å². The van der Waals surface area contributed by atoms with Gasteiger partial charge in [-0.2, -0.15) is 0 Å². The van der Waals surface area contributed by atoms with Gasteiger partial charge in [0.2, 0.25) is 0 Å². The standard InChI is InChI=1S/C18H25Cl2N5S/c1-12(25-6-4-16-13(11-25)5-7-26-16)9-22-18(21-2)23-10-14-8-15(19)17(20)24(14)3/h5,7-8,12H,4,6,9-11H2,1-3H3,(H2,21,22,23). The molecular weight excluding hydrogens is 389 g/mol. The molecule has 0 aromatic carbocycles. The van der Waals surface area contributed by atoms with Crippen molar-refractivity contribution in [1.29, 1.82) is 0 Å². The zero-order chi connectivity index (χ0) is 18.7. The molecule has 0 saturated carbocycles. The van der Waals surface area contributed by atoms with Gasteiger partial charge in [-0.3, -0.25) is 9.89 Å². The highest BCUT2D eigenvalue weighted by Crippen LogP contribution is 2.25. The molecule has 0 amide bonds. The molecule has 0 bridgehead atoms. The van der Waals surface area contributed by atoms with Crippen LogP contribution in [-0.4, -0.2) is 41.6 Å². The summed E-state index contributed by atoms with van der Waals surface area (Å²) in [6.07, 6.45) is 1.15. The molecule has 2 aromatic heterocycles. The molecule has 8 heteroatoms. The lowest BCUT2D eigenvalue weighted by atomic mass is 10.1. The fourth-order valence-corrected chi connectivity index (χ4v) is 4.48. The Bertz CT molecular complexity index is 783. The summed E-state index contributed by atoms with van der Waals surface area (Å²) >= 11 is 14.1. The number of nitrogens with one attached hydrogen (secondary N) is 2. The van der Waals surface area contributed by atoms with Gasteiger partial charge in [-0.25, -0.2) is 0 Å². The molecule has 0 fully saturated rings. The fraction of sp³-hybridized carbons (Fsp3) is 0.500. The highest BCUT2D eigenvalue weighted by atomic mass is 35.5. The van der Waals surface area contributed by atoms with Gasteiger partial charge < -0.3 is 15.2 Å². The van der Waals surface area contributed by atoms with Gasteiger partial charge in [0.15, 0.2) is 5.96 Å². The van der Waals surface area contributed by atoms with E-state index in [0.29, 0.717) is 22.8 Å². The molecule has 2 N–H and O–H groups in total. The van der Waals surface area contributed by atoms with Gasteiger partial charge in [-0.1, -0.05) is 23.2 Å². The van der Waals surface area contributed by atoms with Gasteiger partial charge in [0.05, 0.1) is 11.6 Å². The van der Waals surface area contributed by atoms with Crippen molar-refractivity contribution in [2.75, 3.05) is 20.1 Å². The van der Waals surface area contributed by atoms with Gasteiger partial charge >= 0.3 is 0 Å². The Morgan fingerprint density at radius 2 is 2.19 bits per heavy atom. The van der Waals surface area contributed by atoms with Gasteiger partial charge in [0, 0.05) is 50.3 Å². The number of guanidine groups is 1. The molecule has 1 atom stereocenters. The number of aromatic nitrogens is 1. The Balaban J connectivity index is 1.49. The maximum atomic E-state index is 6.12. The van der Waals surface area contributed by atoms with Crippen molar-refractivity contribution in [3.8, 4) is 0 Å². The Labute approximate surface area is 169 Å². The minimum Gasteiger partial charge on any atom is -0.355 e. The Kier molecular flexibility index (Phi) is 6.51. The number of rotatable bonds is 5. The van der Waals surface area contributed by atoms with Gasteiger partial charge in [-0.05, 0) is 36.4 Å². The van der Waals surface area contributed by atoms with E-state index >= 15 is 0 Å². The molecule has 26 heavy (non-hydrogen) atoms. The summed E-state index contributed by atoms with van der Waals surface area (Å²) < 4.78 is 1.87. The average Bonchev–Trinajstić information content (AvgIpc) is 3.21. The van der Waals surface area contributed by atoms with E-state index in [1.807, 2.05) is 29.0 Å². The van der Waals surface area contributed by atoms with Crippen LogP contribution in [0.4, 0.5) is 0 Å². The first kappa shape index (κ1) is 19.5. The van der Waals surface area contributed by atoms with Crippen molar-refractivity contribution in [2.24, 2.45) is 12.0 Å². The van der Waals surface area contributed by atoms with Gasteiger partial charge in [-0.15, -0.1) is 11.3 Å². The van der Waals surface area contributed by atoms with Crippen molar-refractivity contribution >= 4 is 40.5 Å². The molecule has 0 saturated heterocycles. The van der Waals surface area contributed by atoms with Crippen LogP contribution in [0.25, 0.3) is 0 Å². The second kappa shape index (κ2) is 8.65. The molecule has 3 heterocycles. The molecule has 3 rings (SSSR count). The van der Waals surface area contributed by atoms with E-state index in [1.54, 1.807) is 11.9 Å². The smallest absolute Gasteiger partial charge is 0.191 e. The average molecular weight is 414 g/mol. The SMILES string of the molecule is CN=C(NCc1cc(Cl)c(Cl)n1C)NCC(C)N1CCc2sccc2C1.